The molecule has 1 saturated carbocycles. The van der Waals surface area contributed by atoms with E-state index in [1.165, 1.54) is 18.4 Å². The molecule has 0 aromatic heterocycles. The van der Waals surface area contributed by atoms with Crippen molar-refractivity contribution in [3.05, 3.63) is 64.7 Å². The molecule has 154 valence electrons. The van der Waals surface area contributed by atoms with Gasteiger partial charge >= 0.3 is 0 Å². The molecule has 1 fully saturated rings. The maximum absolute atomic E-state index is 11.6. The number of nitrogens with one attached hydrogen (secondary N) is 3. The van der Waals surface area contributed by atoms with E-state index in [9.17, 15) is 4.79 Å². The number of aryl methyl sites for hydroxylation is 1. The van der Waals surface area contributed by atoms with Crippen molar-refractivity contribution in [1.82, 2.24) is 16.0 Å². The lowest BCUT2D eigenvalue weighted by Gasteiger charge is -2.15. The largest absolute Gasteiger partial charge is 0.493 e. The summed E-state index contributed by atoms with van der Waals surface area (Å²) in [7, 11) is 3.38. The van der Waals surface area contributed by atoms with Gasteiger partial charge in [0.25, 0.3) is 5.91 Å². The van der Waals surface area contributed by atoms with Gasteiger partial charge in [-0.1, -0.05) is 24.3 Å². The Balaban J connectivity index is 1.53. The Morgan fingerprint density at radius 2 is 1.83 bits per heavy atom. The third-order valence-electron chi connectivity index (χ3n) is 4.97. The summed E-state index contributed by atoms with van der Waals surface area (Å²) in [6.45, 7) is 4.13. The Hall–Kier alpha value is -3.02. The van der Waals surface area contributed by atoms with Crippen LogP contribution in [-0.4, -0.2) is 32.6 Å². The minimum Gasteiger partial charge on any atom is -0.493 e. The zero-order chi connectivity index (χ0) is 20.6. The van der Waals surface area contributed by atoms with E-state index in [1.54, 1.807) is 14.1 Å². The number of benzene rings is 2. The summed E-state index contributed by atoms with van der Waals surface area (Å²) in [5.41, 5.74) is 4.04. The van der Waals surface area contributed by atoms with E-state index in [0.717, 1.165) is 29.4 Å². The molecule has 0 atom stereocenters. The zero-order valence-electron chi connectivity index (χ0n) is 17.4. The third kappa shape index (κ3) is 6.24. The molecule has 3 rings (SSSR count). The van der Waals surface area contributed by atoms with Crippen molar-refractivity contribution >= 4 is 11.9 Å². The summed E-state index contributed by atoms with van der Waals surface area (Å²) in [4.78, 5) is 15.9. The first-order valence-corrected chi connectivity index (χ1v) is 10.1. The Bertz CT molecular complexity index is 858. The Morgan fingerprint density at radius 3 is 2.48 bits per heavy atom. The summed E-state index contributed by atoms with van der Waals surface area (Å²) in [6.07, 6.45) is 2.56. The van der Waals surface area contributed by atoms with E-state index >= 15 is 0 Å². The first-order valence-electron chi connectivity index (χ1n) is 10.1. The van der Waals surface area contributed by atoms with Crippen molar-refractivity contribution in [2.75, 3.05) is 20.7 Å². The predicted octanol–water partition coefficient (Wildman–Crippen LogP) is 3.01. The minimum atomic E-state index is -0.0835. The standard InChI is InChI=1S/C23H30N4O2/c1-16-4-9-20(21(12-16)29-15-18-5-6-18)14-27-23(25-3)26-13-17-7-10-19(11-8-17)22(28)24-2/h4,7-12,18H,5-6,13-15H2,1-3H3,(H,24,28)(H2,25,26,27). The van der Waals surface area contributed by atoms with Crippen molar-refractivity contribution < 1.29 is 9.53 Å². The number of aliphatic imine (C=N–C) groups is 1. The van der Waals surface area contributed by atoms with E-state index in [1.807, 2.05) is 24.3 Å². The highest BCUT2D eigenvalue weighted by atomic mass is 16.5. The van der Waals surface area contributed by atoms with Gasteiger partial charge < -0.3 is 20.7 Å². The summed E-state index contributed by atoms with van der Waals surface area (Å²) >= 11 is 0. The van der Waals surface area contributed by atoms with Crippen LogP contribution in [0.4, 0.5) is 0 Å². The van der Waals surface area contributed by atoms with Gasteiger partial charge in [0.05, 0.1) is 6.61 Å². The van der Waals surface area contributed by atoms with Crippen LogP contribution in [0.25, 0.3) is 0 Å². The summed E-state index contributed by atoms with van der Waals surface area (Å²) in [5.74, 6) is 2.30. The van der Waals surface area contributed by atoms with Gasteiger partial charge in [-0.15, -0.1) is 0 Å². The Labute approximate surface area is 172 Å². The van der Waals surface area contributed by atoms with Gasteiger partial charge in [-0.05, 0) is 55.0 Å². The predicted molar refractivity (Wildman–Crippen MR) is 116 cm³/mol. The summed E-state index contributed by atoms with van der Waals surface area (Å²) in [5, 5.41) is 9.28. The van der Waals surface area contributed by atoms with Crippen molar-refractivity contribution in [3.63, 3.8) is 0 Å². The van der Waals surface area contributed by atoms with Gasteiger partial charge in [-0.2, -0.15) is 0 Å². The number of guanidine groups is 1. The molecule has 2 aromatic rings. The van der Waals surface area contributed by atoms with E-state index in [2.05, 4.69) is 46.1 Å². The quantitative estimate of drug-likeness (QED) is 0.475. The second-order valence-electron chi connectivity index (χ2n) is 7.42. The average molecular weight is 395 g/mol. The maximum atomic E-state index is 11.6. The SMILES string of the molecule is CN=C(NCc1ccc(C(=O)NC)cc1)NCc1ccc(C)cc1OCC1CC1. The van der Waals surface area contributed by atoms with Crippen LogP contribution in [0.3, 0.4) is 0 Å². The van der Waals surface area contributed by atoms with Crippen LogP contribution in [0.15, 0.2) is 47.5 Å². The van der Waals surface area contributed by atoms with Crippen LogP contribution < -0.4 is 20.7 Å². The highest BCUT2D eigenvalue weighted by molar-refractivity contribution is 5.93. The number of amides is 1. The van der Waals surface area contributed by atoms with Crippen molar-refractivity contribution in [1.29, 1.82) is 0 Å². The van der Waals surface area contributed by atoms with E-state index in [4.69, 9.17) is 4.74 Å². The molecule has 0 radical (unpaired) electrons. The van der Waals surface area contributed by atoms with Gasteiger partial charge in [0.2, 0.25) is 0 Å². The van der Waals surface area contributed by atoms with Crippen LogP contribution in [-0.2, 0) is 13.1 Å². The molecule has 3 N–H and O–H groups in total. The maximum Gasteiger partial charge on any atom is 0.251 e. The molecule has 2 aromatic carbocycles. The van der Waals surface area contributed by atoms with Crippen LogP contribution >= 0.6 is 0 Å². The Morgan fingerprint density at radius 1 is 1.10 bits per heavy atom. The number of rotatable bonds is 8. The summed E-state index contributed by atoms with van der Waals surface area (Å²) in [6, 6.07) is 13.8. The van der Waals surface area contributed by atoms with E-state index in [0.29, 0.717) is 24.6 Å². The molecule has 0 unspecified atom stereocenters. The van der Waals surface area contributed by atoms with Gasteiger partial charge in [0.15, 0.2) is 5.96 Å². The molecule has 0 saturated heterocycles. The van der Waals surface area contributed by atoms with E-state index < -0.39 is 0 Å². The monoisotopic (exact) mass is 394 g/mol. The van der Waals surface area contributed by atoms with Crippen LogP contribution in [0.1, 0.15) is 39.9 Å². The lowest BCUT2D eigenvalue weighted by atomic mass is 10.1. The second-order valence-corrected chi connectivity index (χ2v) is 7.42. The number of hydrogen-bond acceptors (Lipinski definition) is 3. The second kappa shape index (κ2) is 9.96. The molecule has 29 heavy (non-hydrogen) atoms. The minimum absolute atomic E-state index is 0.0835. The van der Waals surface area contributed by atoms with Crippen LogP contribution in [0.5, 0.6) is 5.75 Å². The highest BCUT2D eigenvalue weighted by Gasteiger charge is 2.22. The molecule has 0 heterocycles. The molecule has 0 aliphatic heterocycles. The fourth-order valence-electron chi connectivity index (χ4n) is 2.94. The summed E-state index contributed by atoms with van der Waals surface area (Å²) < 4.78 is 6.04. The zero-order valence-corrected chi connectivity index (χ0v) is 17.4. The number of nitrogens with zero attached hydrogens (tertiary/aromatic N) is 1. The molecular weight excluding hydrogens is 364 g/mol. The normalized spacial score (nSPS) is 13.7. The van der Waals surface area contributed by atoms with Gasteiger partial charge in [0, 0.05) is 38.3 Å². The van der Waals surface area contributed by atoms with Crippen molar-refractivity contribution in [3.8, 4) is 5.75 Å². The smallest absolute Gasteiger partial charge is 0.251 e. The first-order chi connectivity index (χ1) is 14.1. The average Bonchev–Trinajstić information content (AvgIpc) is 3.57. The number of carbonyl (C=O) groups is 1. The molecule has 6 nitrogen and oxygen atoms in total. The molecule has 1 amide bonds. The molecule has 0 spiro atoms. The van der Waals surface area contributed by atoms with E-state index in [-0.39, 0.29) is 5.91 Å². The molecule has 0 bridgehead atoms. The van der Waals surface area contributed by atoms with Crippen molar-refractivity contribution in [2.24, 2.45) is 10.9 Å². The van der Waals surface area contributed by atoms with Gasteiger partial charge in [0.1, 0.15) is 5.75 Å². The van der Waals surface area contributed by atoms with Gasteiger partial charge in [-0.3, -0.25) is 9.79 Å². The molecule has 1 aliphatic rings. The number of carbonyl (C=O) groups excluding carboxylic acids is 1. The first kappa shape index (κ1) is 20.7. The van der Waals surface area contributed by atoms with Crippen molar-refractivity contribution in [2.45, 2.75) is 32.9 Å². The van der Waals surface area contributed by atoms with Crippen LogP contribution in [0, 0.1) is 12.8 Å². The lowest BCUT2D eigenvalue weighted by molar-refractivity contribution is 0.0963. The topological polar surface area (TPSA) is 74.8 Å². The molecule has 1 aliphatic carbocycles. The molecular formula is C23H30N4O2. The molecule has 6 heteroatoms. The van der Waals surface area contributed by atoms with Crippen LogP contribution in [0.2, 0.25) is 0 Å². The number of ether oxygens (including phenoxy) is 1. The lowest BCUT2D eigenvalue weighted by Crippen LogP contribution is -2.36. The Kier molecular flexibility index (Phi) is 7.11. The highest BCUT2D eigenvalue weighted by Crippen LogP contribution is 2.30. The third-order valence-corrected chi connectivity index (χ3v) is 4.97. The number of hydrogen-bond donors (Lipinski definition) is 3. The van der Waals surface area contributed by atoms with Gasteiger partial charge in [-0.25, -0.2) is 0 Å². The fourth-order valence-corrected chi connectivity index (χ4v) is 2.94. The fraction of sp³-hybridized carbons (Fsp3) is 0.391.